The summed E-state index contributed by atoms with van der Waals surface area (Å²) in [5, 5.41) is 2.80. The van der Waals surface area contributed by atoms with Gasteiger partial charge in [0.15, 0.2) is 5.58 Å². The molecule has 0 saturated carbocycles. The lowest BCUT2D eigenvalue weighted by atomic mass is 10.2. The Bertz CT molecular complexity index is 1130. The van der Waals surface area contributed by atoms with Crippen LogP contribution in [0.3, 0.4) is 0 Å². The number of rotatable bonds is 4. The number of carbonyl (C=O) groups is 1. The van der Waals surface area contributed by atoms with E-state index in [1.54, 1.807) is 36.4 Å². The Morgan fingerprint density at radius 3 is 2.67 bits per heavy atom. The lowest BCUT2D eigenvalue weighted by molar-refractivity contribution is -0.111. The van der Waals surface area contributed by atoms with E-state index in [0.717, 1.165) is 5.56 Å². The number of nitrogens with zero attached hydrogens (tertiary/aromatic N) is 1. The topological polar surface area (TPSA) is 55.1 Å². The predicted octanol–water partition coefficient (Wildman–Crippen LogP) is 5.29. The second-order valence-corrected chi connectivity index (χ2v) is 5.95. The number of oxazole rings is 1. The number of carbonyl (C=O) groups excluding carboxylic acids is 1. The van der Waals surface area contributed by atoms with Gasteiger partial charge in [0.2, 0.25) is 11.8 Å². The molecule has 0 aliphatic carbocycles. The van der Waals surface area contributed by atoms with Crippen molar-refractivity contribution >= 4 is 28.8 Å². The first kappa shape index (κ1) is 16.7. The molecule has 3 aromatic carbocycles. The third-order valence-electron chi connectivity index (χ3n) is 3.95. The number of aromatic nitrogens is 1. The number of amides is 1. The van der Waals surface area contributed by atoms with E-state index in [9.17, 15) is 9.18 Å². The summed E-state index contributed by atoms with van der Waals surface area (Å²) in [6.07, 6.45) is 3.21. The minimum Gasteiger partial charge on any atom is -0.436 e. The molecule has 1 heterocycles. The van der Waals surface area contributed by atoms with E-state index < -0.39 is 0 Å². The van der Waals surface area contributed by atoms with Crippen molar-refractivity contribution in [2.75, 3.05) is 5.32 Å². The van der Waals surface area contributed by atoms with Gasteiger partial charge in [-0.05, 0) is 48.0 Å². The molecular weight excluding hydrogens is 343 g/mol. The Kier molecular flexibility index (Phi) is 4.49. The summed E-state index contributed by atoms with van der Waals surface area (Å²) in [5.74, 6) is -0.267. The van der Waals surface area contributed by atoms with Crippen LogP contribution in [0.2, 0.25) is 0 Å². The molecular formula is C22H15FN2O2. The van der Waals surface area contributed by atoms with Crippen molar-refractivity contribution in [2.45, 2.75) is 0 Å². The predicted molar refractivity (Wildman–Crippen MR) is 104 cm³/mol. The highest BCUT2D eigenvalue weighted by molar-refractivity contribution is 6.02. The molecule has 4 aromatic rings. The highest BCUT2D eigenvalue weighted by Crippen LogP contribution is 2.26. The quantitative estimate of drug-likeness (QED) is 0.505. The number of hydrogen-bond acceptors (Lipinski definition) is 3. The minimum absolute atomic E-state index is 0.243. The molecule has 0 aliphatic rings. The van der Waals surface area contributed by atoms with Gasteiger partial charge in [0.25, 0.3) is 0 Å². The molecule has 0 atom stereocenters. The SMILES string of the molecule is O=C(C=Cc1ccccc1)Nc1ccc2oc(-c3cccc(F)c3)nc2c1. The maximum absolute atomic E-state index is 13.4. The average Bonchev–Trinajstić information content (AvgIpc) is 3.11. The zero-order chi connectivity index (χ0) is 18.6. The molecule has 1 N–H and O–H groups in total. The Balaban J connectivity index is 1.53. The van der Waals surface area contributed by atoms with E-state index in [-0.39, 0.29) is 11.7 Å². The molecule has 0 radical (unpaired) electrons. The van der Waals surface area contributed by atoms with E-state index in [4.69, 9.17) is 4.42 Å². The van der Waals surface area contributed by atoms with Crippen molar-refractivity contribution in [2.24, 2.45) is 0 Å². The van der Waals surface area contributed by atoms with Crippen LogP contribution in [0.25, 0.3) is 28.6 Å². The van der Waals surface area contributed by atoms with Gasteiger partial charge in [-0.2, -0.15) is 0 Å². The van der Waals surface area contributed by atoms with E-state index in [1.165, 1.54) is 18.2 Å². The van der Waals surface area contributed by atoms with Gasteiger partial charge in [-0.1, -0.05) is 36.4 Å². The molecule has 5 heteroatoms. The monoisotopic (exact) mass is 358 g/mol. The van der Waals surface area contributed by atoms with Gasteiger partial charge in [0.05, 0.1) is 0 Å². The number of nitrogens with one attached hydrogen (secondary N) is 1. The Morgan fingerprint density at radius 2 is 1.85 bits per heavy atom. The Morgan fingerprint density at radius 1 is 1.00 bits per heavy atom. The second-order valence-electron chi connectivity index (χ2n) is 5.95. The van der Waals surface area contributed by atoms with E-state index >= 15 is 0 Å². The Hall–Kier alpha value is -3.73. The van der Waals surface area contributed by atoms with Crippen LogP contribution in [0.5, 0.6) is 0 Å². The normalized spacial score (nSPS) is 11.1. The fourth-order valence-electron chi connectivity index (χ4n) is 2.67. The molecule has 0 fully saturated rings. The number of benzene rings is 3. The smallest absolute Gasteiger partial charge is 0.248 e. The van der Waals surface area contributed by atoms with E-state index in [1.807, 2.05) is 30.3 Å². The first-order chi connectivity index (χ1) is 13.2. The highest BCUT2D eigenvalue weighted by atomic mass is 19.1. The molecule has 0 aliphatic heterocycles. The Labute approximate surface area is 155 Å². The van der Waals surface area contributed by atoms with Crippen LogP contribution in [0, 0.1) is 5.82 Å². The molecule has 0 spiro atoms. The summed E-state index contributed by atoms with van der Waals surface area (Å²) in [6.45, 7) is 0. The minimum atomic E-state index is -0.354. The van der Waals surface area contributed by atoms with Gasteiger partial charge in [-0.25, -0.2) is 9.37 Å². The lowest BCUT2D eigenvalue weighted by Gasteiger charge is -2.01. The van der Waals surface area contributed by atoms with Crippen LogP contribution in [0.4, 0.5) is 10.1 Å². The second kappa shape index (κ2) is 7.25. The average molecular weight is 358 g/mol. The molecule has 4 nitrogen and oxygen atoms in total. The molecule has 0 saturated heterocycles. The van der Waals surface area contributed by atoms with Crippen molar-refractivity contribution < 1.29 is 13.6 Å². The van der Waals surface area contributed by atoms with Crippen LogP contribution in [-0.4, -0.2) is 10.9 Å². The summed E-state index contributed by atoms with van der Waals surface area (Å²) >= 11 is 0. The number of halogens is 1. The molecule has 0 unspecified atom stereocenters. The summed E-state index contributed by atoms with van der Waals surface area (Å²) in [4.78, 5) is 16.5. The summed E-state index contributed by atoms with van der Waals surface area (Å²) in [6, 6.07) is 20.8. The molecule has 1 amide bonds. The first-order valence-electron chi connectivity index (χ1n) is 8.38. The van der Waals surface area contributed by atoms with Gasteiger partial charge in [0, 0.05) is 17.3 Å². The van der Waals surface area contributed by atoms with Crippen molar-refractivity contribution in [3.05, 3.63) is 90.3 Å². The number of hydrogen-bond donors (Lipinski definition) is 1. The van der Waals surface area contributed by atoms with Gasteiger partial charge in [-0.15, -0.1) is 0 Å². The zero-order valence-corrected chi connectivity index (χ0v) is 14.2. The summed E-state index contributed by atoms with van der Waals surface area (Å²) < 4.78 is 19.1. The zero-order valence-electron chi connectivity index (χ0n) is 14.2. The number of fused-ring (bicyclic) bond motifs is 1. The fraction of sp³-hybridized carbons (Fsp3) is 0. The van der Waals surface area contributed by atoms with Gasteiger partial charge in [0.1, 0.15) is 11.3 Å². The van der Waals surface area contributed by atoms with Gasteiger partial charge in [-0.3, -0.25) is 4.79 Å². The van der Waals surface area contributed by atoms with Gasteiger partial charge >= 0.3 is 0 Å². The largest absolute Gasteiger partial charge is 0.436 e. The van der Waals surface area contributed by atoms with Crippen LogP contribution >= 0.6 is 0 Å². The van der Waals surface area contributed by atoms with Crippen LogP contribution in [-0.2, 0) is 4.79 Å². The first-order valence-corrected chi connectivity index (χ1v) is 8.38. The van der Waals surface area contributed by atoms with Crippen molar-refractivity contribution in [1.82, 2.24) is 4.98 Å². The van der Waals surface area contributed by atoms with E-state index in [2.05, 4.69) is 10.3 Å². The van der Waals surface area contributed by atoms with E-state index in [0.29, 0.717) is 28.2 Å². The summed E-state index contributed by atoms with van der Waals surface area (Å²) in [7, 11) is 0. The molecule has 4 rings (SSSR count). The lowest BCUT2D eigenvalue weighted by Crippen LogP contribution is -2.07. The molecule has 0 bridgehead atoms. The summed E-state index contributed by atoms with van der Waals surface area (Å²) in [5.41, 5.74) is 3.25. The molecule has 1 aromatic heterocycles. The third-order valence-corrected chi connectivity index (χ3v) is 3.95. The van der Waals surface area contributed by atoms with Gasteiger partial charge < -0.3 is 9.73 Å². The van der Waals surface area contributed by atoms with Crippen molar-refractivity contribution in [1.29, 1.82) is 0 Å². The molecule has 132 valence electrons. The van der Waals surface area contributed by atoms with Crippen LogP contribution < -0.4 is 5.32 Å². The standard InChI is InChI=1S/C22H15FN2O2/c23-17-8-4-7-16(13-17)22-25-19-14-18(10-11-20(19)27-22)24-21(26)12-9-15-5-2-1-3-6-15/h1-14H,(H,24,26). The van der Waals surface area contributed by atoms with Crippen LogP contribution in [0.15, 0.2) is 83.3 Å². The highest BCUT2D eigenvalue weighted by Gasteiger charge is 2.10. The molecule has 27 heavy (non-hydrogen) atoms. The maximum atomic E-state index is 13.4. The maximum Gasteiger partial charge on any atom is 0.248 e. The number of anilines is 1. The van der Waals surface area contributed by atoms with Crippen LogP contribution in [0.1, 0.15) is 5.56 Å². The fourth-order valence-corrected chi connectivity index (χ4v) is 2.67. The third kappa shape index (κ3) is 3.93. The van der Waals surface area contributed by atoms with Crippen molar-refractivity contribution in [3.8, 4) is 11.5 Å². The van der Waals surface area contributed by atoms with Crippen molar-refractivity contribution in [3.63, 3.8) is 0 Å².